The molecule has 2 aliphatic rings. The van der Waals surface area contributed by atoms with Gasteiger partial charge in [0.25, 0.3) is 0 Å². The van der Waals surface area contributed by atoms with E-state index in [2.05, 4.69) is 38.1 Å². The van der Waals surface area contributed by atoms with Gasteiger partial charge >= 0.3 is 5.63 Å². The van der Waals surface area contributed by atoms with Crippen molar-refractivity contribution in [2.45, 2.75) is 30.6 Å². The summed E-state index contributed by atoms with van der Waals surface area (Å²) < 4.78 is 11.7. The summed E-state index contributed by atoms with van der Waals surface area (Å²) in [4.78, 5) is 13.8. The van der Waals surface area contributed by atoms with E-state index in [1.807, 2.05) is 12.1 Å². The molecule has 3 nitrogen and oxygen atoms in total. The Balaban J connectivity index is 1.73. The highest BCUT2D eigenvalue weighted by Crippen LogP contribution is 2.51. The number of aryl methyl sites for hydroxylation is 2. The standard InChI is InChI=1S/C21H18O3S/c1-11-6-7-17-14(8-11)20-18(21(22)24-17)15-9-23-19-12(2)4-3-5-13(19)16(15)10-25-20/h3-8,15-16H,9-10H2,1-2H3/t15-,16+/m0/s1. The van der Waals surface area contributed by atoms with E-state index in [1.54, 1.807) is 11.8 Å². The zero-order valence-electron chi connectivity index (χ0n) is 14.2. The second kappa shape index (κ2) is 5.40. The molecule has 0 amide bonds. The lowest BCUT2D eigenvalue weighted by atomic mass is 9.80. The van der Waals surface area contributed by atoms with Gasteiger partial charge in [-0.25, -0.2) is 4.79 Å². The molecule has 1 aromatic heterocycles. The van der Waals surface area contributed by atoms with Gasteiger partial charge in [-0.15, -0.1) is 11.8 Å². The zero-order chi connectivity index (χ0) is 17.1. The summed E-state index contributed by atoms with van der Waals surface area (Å²) in [5.41, 5.74) is 4.81. The van der Waals surface area contributed by atoms with Crippen molar-refractivity contribution in [2.75, 3.05) is 12.4 Å². The van der Waals surface area contributed by atoms with Crippen LogP contribution in [-0.4, -0.2) is 12.4 Å². The third-order valence-corrected chi connectivity index (χ3v) is 6.61. The Morgan fingerprint density at radius 1 is 1.12 bits per heavy atom. The van der Waals surface area contributed by atoms with Crippen molar-refractivity contribution in [1.82, 2.24) is 0 Å². The van der Waals surface area contributed by atoms with Crippen LogP contribution < -0.4 is 10.4 Å². The number of benzene rings is 2. The molecule has 25 heavy (non-hydrogen) atoms. The Morgan fingerprint density at radius 3 is 2.88 bits per heavy atom. The molecule has 3 heterocycles. The number of fused-ring (bicyclic) bond motifs is 7. The molecule has 0 N–H and O–H groups in total. The molecule has 3 aromatic rings. The van der Waals surface area contributed by atoms with E-state index in [0.29, 0.717) is 18.1 Å². The van der Waals surface area contributed by atoms with Crippen LogP contribution in [-0.2, 0) is 0 Å². The highest BCUT2D eigenvalue weighted by Gasteiger charge is 2.40. The van der Waals surface area contributed by atoms with E-state index in [4.69, 9.17) is 9.15 Å². The topological polar surface area (TPSA) is 39.4 Å². The number of rotatable bonds is 0. The number of hydrogen-bond donors (Lipinski definition) is 0. The molecule has 2 atom stereocenters. The van der Waals surface area contributed by atoms with Crippen LogP contribution in [0.5, 0.6) is 5.75 Å². The molecule has 0 spiro atoms. The fraction of sp³-hybridized carbons (Fsp3) is 0.286. The average Bonchev–Trinajstić information content (AvgIpc) is 2.62. The molecule has 126 valence electrons. The molecular formula is C21H18O3S. The van der Waals surface area contributed by atoms with E-state index in [1.165, 1.54) is 11.1 Å². The predicted molar refractivity (Wildman–Crippen MR) is 100 cm³/mol. The van der Waals surface area contributed by atoms with Gasteiger partial charge in [0.2, 0.25) is 0 Å². The molecule has 0 bridgehead atoms. The Bertz CT molecular complexity index is 1070. The minimum Gasteiger partial charge on any atom is -0.492 e. The van der Waals surface area contributed by atoms with Gasteiger partial charge in [0, 0.05) is 27.9 Å². The van der Waals surface area contributed by atoms with E-state index in [9.17, 15) is 4.79 Å². The molecule has 0 saturated carbocycles. The maximum Gasteiger partial charge on any atom is 0.341 e. The minimum atomic E-state index is -0.215. The molecule has 0 aliphatic carbocycles. The van der Waals surface area contributed by atoms with Gasteiger partial charge in [-0.2, -0.15) is 0 Å². The average molecular weight is 350 g/mol. The van der Waals surface area contributed by atoms with Gasteiger partial charge in [0.05, 0.1) is 12.2 Å². The first-order valence-electron chi connectivity index (χ1n) is 8.56. The summed E-state index contributed by atoms with van der Waals surface area (Å²) in [5.74, 6) is 2.32. The molecule has 0 saturated heterocycles. The van der Waals surface area contributed by atoms with Crippen molar-refractivity contribution in [3.05, 3.63) is 69.1 Å². The fourth-order valence-corrected chi connectivity index (χ4v) is 5.58. The van der Waals surface area contributed by atoms with E-state index in [0.717, 1.165) is 32.9 Å². The summed E-state index contributed by atoms with van der Waals surface area (Å²) in [6.45, 7) is 4.68. The van der Waals surface area contributed by atoms with E-state index in [-0.39, 0.29) is 11.5 Å². The molecule has 5 rings (SSSR count). The van der Waals surface area contributed by atoms with Gasteiger partial charge in [-0.05, 0) is 37.1 Å². The Kier molecular flexibility index (Phi) is 3.26. The Morgan fingerprint density at radius 2 is 2.00 bits per heavy atom. The van der Waals surface area contributed by atoms with Crippen LogP contribution in [0.15, 0.2) is 50.5 Å². The van der Waals surface area contributed by atoms with Gasteiger partial charge < -0.3 is 9.15 Å². The van der Waals surface area contributed by atoms with Gasteiger partial charge in [-0.3, -0.25) is 0 Å². The van der Waals surface area contributed by atoms with Crippen molar-refractivity contribution in [2.24, 2.45) is 0 Å². The zero-order valence-corrected chi connectivity index (χ0v) is 15.0. The summed E-state index contributed by atoms with van der Waals surface area (Å²) in [7, 11) is 0. The molecule has 2 aromatic carbocycles. The second-order valence-electron chi connectivity index (χ2n) is 6.96. The summed E-state index contributed by atoms with van der Waals surface area (Å²) >= 11 is 1.78. The lowest BCUT2D eigenvalue weighted by molar-refractivity contribution is 0.237. The third kappa shape index (κ3) is 2.17. The first kappa shape index (κ1) is 15.1. The third-order valence-electron chi connectivity index (χ3n) is 5.36. The molecule has 4 heteroatoms. The Hall–Kier alpha value is -2.20. The van der Waals surface area contributed by atoms with E-state index >= 15 is 0 Å². The SMILES string of the molecule is Cc1ccc2oc(=O)c3c(c2c1)SC[C@@H]1c2cccc(C)c2OC[C@H]31. The summed E-state index contributed by atoms with van der Waals surface area (Å²) in [5, 5.41) is 1.05. The van der Waals surface area contributed by atoms with Crippen LogP contribution in [0.25, 0.3) is 11.0 Å². The monoisotopic (exact) mass is 350 g/mol. The first-order valence-corrected chi connectivity index (χ1v) is 9.54. The molecule has 0 radical (unpaired) electrons. The number of para-hydroxylation sites is 1. The highest BCUT2D eigenvalue weighted by molar-refractivity contribution is 7.99. The van der Waals surface area contributed by atoms with Crippen molar-refractivity contribution in [1.29, 1.82) is 0 Å². The van der Waals surface area contributed by atoms with Crippen LogP contribution in [0.3, 0.4) is 0 Å². The van der Waals surface area contributed by atoms with E-state index < -0.39 is 0 Å². The van der Waals surface area contributed by atoms with Crippen molar-refractivity contribution < 1.29 is 9.15 Å². The molecular weight excluding hydrogens is 332 g/mol. The number of thioether (sulfide) groups is 1. The van der Waals surface area contributed by atoms with Crippen LogP contribution in [0.2, 0.25) is 0 Å². The number of ether oxygens (including phenoxy) is 1. The minimum absolute atomic E-state index is 0.0618. The normalized spacial score (nSPS) is 21.2. The first-order chi connectivity index (χ1) is 12.1. The number of hydrogen-bond acceptors (Lipinski definition) is 4. The lowest BCUT2D eigenvalue weighted by Gasteiger charge is -2.37. The van der Waals surface area contributed by atoms with Crippen LogP contribution in [0.1, 0.15) is 34.1 Å². The van der Waals surface area contributed by atoms with Gasteiger partial charge in [-0.1, -0.05) is 29.8 Å². The maximum atomic E-state index is 12.8. The van der Waals surface area contributed by atoms with Gasteiger partial charge in [0.1, 0.15) is 11.3 Å². The summed E-state index contributed by atoms with van der Waals surface area (Å²) in [6, 6.07) is 12.3. The smallest absolute Gasteiger partial charge is 0.341 e. The second-order valence-corrected chi connectivity index (χ2v) is 7.99. The maximum absolute atomic E-state index is 12.8. The summed E-state index contributed by atoms with van der Waals surface area (Å²) in [6.07, 6.45) is 0. The van der Waals surface area contributed by atoms with Crippen molar-refractivity contribution >= 4 is 22.7 Å². The fourth-order valence-electron chi connectivity index (χ4n) is 4.11. The predicted octanol–water partition coefficient (Wildman–Crippen LogP) is 4.78. The molecule has 0 unspecified atom stereocenters. The quantitative estimate of drug-likeness (QED) is 0.547. The van der Waals surface area contributed by atoms with Crippen LogP contribution in [0.4, 0.5) is 0 Å². The molecule has 2 aliphatic heterocycles. The Labute approximate surface area is 150 Å². The lowest BCUT2D eigenvalue weighted by Crippen LogP contribution is -2.33. The van der Waals surface area contributed by atoms with Gasteiger partial charge in [0.15, 0.2) is 0 Å². The molecule has 0 fully saturated rings. The van der Waals surface area contributed by atoms with Crippen molar-refractivity contribution in [3.8, 4) is 5.75 Å². The van der Waals surface area contributed by atoms with Crippen LogP contribution >= 0.6 is 11.8 Å². The van der Waals surface area contributed by atoms with Crippen molar-refractivity contribution in [3.63, 3.8) is 0 Å². The largest absolute Gasteiger partial charge is 0.492 e. The van der Waals surface area contributed by atoms with Crippen LogP contribution in [0, 0.1) is 13.8 Å². The highest BCUT2D eigenvalue weighted by atomic mass is 32.2.